The summed E-state index contributed by atoms with van der Waals surface area (Å²) in [5, 5.41) is 20.9. The SMILES string of the molecule is C[C@@H]1C[C@@](O)(CC(=O)[O-])c2cc(F)c(Cl)cc2O1.[Na+]. The summed E-state index contributed by atoms with van der Waals surface area (Å²) in [6.45, 7) is 1.68. The number of fused-ring (bicyclic) bond motifs is 1. The monoisotopic (exact) mass is 296 g/mol. The van der Waals surface area contributed by atoms with Crippen molar-refractivity contribution >= 4 is 17.6 Å². The van der Waals surface area contributed by atoms with Crippen molar-refractivity contribution < 1.29 is 53.7 Å². The third-order valence-corrected chi connectivity index (χ3v) is 3.20. The summed E-state index contributed by atoms with van der Waals surface area (Å²) in [5.74, 6) is -1.94. The van der Waals surface area contributed by atoms with Crippen LogP contribution < -0.4 is 39.4 Å². The first-order valence-electron chi connectivity index (χ1n) is 5.40. The van der Waals surface area contributed by atoms with Gasteiger partial charge in [-0.05, 0) is 13.0 Å². The molecule has 0 aromatic heterocycles. The summed E-state index contributed by atoms with van der Waals surface area (Å²) in [7, 11) is 0. The normalized spacial score (nSPS) is 24.9. The van der Waals surface area contributed by atoms with Crippen LogP contribution in [0.1, 0.15) is 25.3 Å². The summed E-state index contributed by atoms with van der Waals surface area (Å²) in [6, 6.07) is 2.24. The minimum absolute atomic E-state index is 0. The second-order valence-electron chi connectivity index (χ2n) is 4.48. The smallest absolute Gasteiger partial charge is 0.550 e. The molecule has 7 heteroatoms. The van der Waals surface area contributed by atoms with Crippen molar-refractivity contribution in [3.8, 4) is 5.75 Å². The number of halogens is 2. The quantitative estimate of drug-likeness (QED) is 0.640. The van der Waals surface area contributed by atoms with Crippen molar-refractivity contribution in [3.05, 3.63) is 28.5 Å². The van der Waals surface area contributed by atoms with Gasteiger partial charge in [-0.3, -0.25) is 0 Å². The van der Waals surface area contributed by atoms with Crippen molar-refractivity contribution in [2.24, 2.45) is 0 Å². The van der Waals surface area contributed by atoms with Crippen LogP contribution in [0, 0.1) is 5.82 Å². The van der Waals surface area contributed by atoms with Crippen molar-refractivity contribution in [1.29, 1.82) is 0 Å². The van der Waals surface area contributed by atoms with E-state index in [4.69, 9.17) is 16.3 Å². The summed E-state index contributed by atoms with van der Waals surface area (Å²) in [6.07, 6.45) is -0.965. The number of ether oxygens (including phenoxy) is 1. The molecule has 0 spiro atoms. The number of benzene rings is 1. The van der Waals surface area contributed by atoms with Crippen LogP contribution in [0.2, 0.25) is 5.02 Å². The van der Waals surface area contributed by atoms with E-state index in [9.17, 15) is 19.4 Å². The fourth-order valence-electron chi connectivity index (χ4n) is 2.24. The van der Waals surface area contributed by atoms with E-state index in [0.29, 0.717) is 0 Å². The molecule has 1 aromatic rings. The van der Waals surface area contributed by atoms with Gasteiger partial charge in [0.25, 0.3) is 0 Å². The average molecular weight is 297 g/mol. The Morgan fingerprint density at radius 2 is 2.32 bits per heavy atom. The molecule has 19 heavy (non-hydrogen) atoms. The molecule has 98 valence electrons. The third kappa shape index (κ3) is 3.41. The molecule has 0 saturated carbocycles. The van der Waals surface area contributed by atoms with Gasteiger partial charge in [0.1, 0.15) is 17.2 Å². The minimum atomic E-state index is -1.70. The Morgan fingerprint density at radius 3 is 2.89 bits per heavy atom. The van der Waals surface area contributed by atoms with E-state index in [-0.39, 0.29) is 52.3 Å². The molecule has 1 aliphatic rings. The zero-order valence-electron chi connectivity index (χ0n) is 10.6. The maximum absolute atomic E-state index is 13.4. The molecule has 0 fully saturated rings. The summed E-state index contributed by atoms with van der Waals surface area (Å²) < 4.78 is 18.8. The molecule has 0 aliphatic carbocycles. The summed E-state index contributed by atoms with van der Waals surface area (Å²) >= 11 is 5.63. The molecule has 2 atom stereocenters. The number of hydrogen-bond acceptors (Lipinski definition) is 4. The maximum atomic E-state index is 13.4. The molecule has 1 N–H and O–H groups in total. The molecular weight excluding hydrogens is 286 g/mol. The topological polar surface area (TPSA) is 69.6 Å². The van der Waals surface area contributed by atoms with Gasteiger partial charge in [-0.25, -0.2) is 4.39 Å². The Bertz CT molecular complexity index is 511. The van der Waals surface area contributed by atoms with E-state index in [2.05, 4.69) is 0 Å². The van der Waals surface area contributed by atoms with Crippen LogP contribution in [0.5, 0.6) is 5.75 Å². The number of rotatable bonds is 2. The number of aliphatic carboxylic acids is 1. The Labute approximate surface area is 136 Å². The molecule has 0 amide bonds. The van der Waals surface area contributed by atoms with Crippen LogP contribution in [-0.4, -0.2) is 17.2 Å². The Hall–Kier alpha value is -0.330. The molecule has 0 saturated heterocycles. The second-order valence-corrected chi connectivity index (χ2v) is 4.88. The van der Waals surface area contributed by atoms with Crippen molar-refractivity contribution in [2.45, 2.75) is 31.5 Å². The fraction of sp³-hybridized carbons (Fsp3) is 0.417. The number of aliphatic hydroxyl groups is 1. The van der Waals surface area contributed by atoms with Crippen LogP contribution in [0.15, 0.2) is 12.1 Å². The fourth-order valence-corrected chi connectivity index (χ4v) is 2.39. The van der Waals surface area contributed by atoms with Crippen LogP contribution in [0.25, 0.3) is 0 Å². The van der Waals surface area contributed by atoms with Crippen molar-refractivity contribution in [3.63, 3.8) is 0 Å². The van der Waals surface area contributed by atoms with Gasteiger partial charge in [-0.2, -0.15) is 0 Å². The maximum Gasteiger partial charge on any atom is 1.00 e. The van der Waals surface area contributed by atoms with Crippen LogP contribution in [0.4, 0.5) is 4.39 Å². The molecule has 1 aromatic carbocycles. The van der Waals surface area contributed by atoms with Gasteiger partial charge >= 0.3 is 29.6 Å². The van der Waals surface area contributed by atoms with Gasteiger partial charge in [0.2, 0.25) is 0 Å². The molecule has 2 rings (SSSR count). The van der Waals surface area contributed by atoms with Gasteiger partial charge in [0, 0.05) is 30.4 Å². The second kappa shape index (κ2) is 5.97. The predicted molar refractivity (Wildman–Crippen MR) is 59.6 cm³/mol. The van der Waals surface area contributed by atoms with Gasteiger partial charge in [-0.1, -0.05) is 11.6 Å². The van der Waals surface area contributed by atoms with E-state index >= 15 is 0 Å². The summed E-state index contributed by atoms with van der Waals surface area (Å²) in [5.41, 5.74) is -1.61. The first-order valence-corrected chi connectivity index (χ1v) is 5.78. The molecule has 1 heterocycles. The number of carboxylic acid groups (broad SMARTS) is 1. The molecule has 4 nitrogen and oxygen atoms in total. The van der Waals surface area contributed by atoms with Gasteiger partial charge in [0.15, 0.2) is 0 Å². The predicted octanol–water partition coefficient (Wildman–Crippen LogP) is -2.02. The van der Waals surface area contributed by atoms with E-state index in [1.807, 2.05) is 0 Å². The van der Waals surface area contributed by atoms with E-state index in [1.165, 1.54) is 6.07 Å². The first kappa shape index (κ1) is 16.7. The molecule has 0 unspecified atom stereocenters. The minimum Gasteiger partial charge on any atom is -0.550 e. The van der Waals surface area contributed by atoms with Crippen LogP contribution in [-0.2, 0) is 10.4 Å². The van der Waals surface area contributed by atoms with E-state index in [0.717, 1.165) is 6.07 Å². The van der Waals surface area contributed by atoms with Crippen molar-refractivity contribution in [1.82, 2.24) is 0 Å². The Kier molecular flexibility index (Phi) is 5.26. The Balaban J connectivity index is 0.00000180. The third-order valence-electron chi connectivity index (χ3n) is 2.91. The molecular formula is C12H11ClFNaO4. The molecule has 0 bridgehead atoms. The molecule has 0 radical (unpaired) electrons. The largest absolute Gasteiger partial charge is 1.00 e. The zero-order valence-corrected chi connectivity index (χ0v) is 13.3. The zero-order chi connectivity index (χ0) is 13.5. The number of carbonyl (C=O) groups is 1. The van der Waals surface area contributed by atoms with E-state index < -0.39 is 29.9 Å². The van der Waals surface area contributed by atoms with Gasteiger partial charge in [-0.15, -0.1) is 0 Å². The average Bonchev–Trinajstić information content (AvgIpc) is 2.19. The van der Waals surface area contributed by atoms with Gasteiger partial charge < -0.3 is 19.7 Å². The number of carbonyl (C=O) groups excluding carboxylic acids is 1. The number of hydrogen-bond donors (Lipinski definition) is 1. The van der Waals surface area contributed by atoms with Crippen LogP contribution >= 0.6 is 11.6 Å². The molecule has 1 aliphatic heterocycles. The standard InChI is InChI=1S/C12H12ClFO4.Na/c1-6-4-12(17,5-11(15)16)7-2-9(14)8(13)3-10(7)18-6;/h2-3,6,17H,4-5H2,1H3,(H,15,16);/q;+1/p-1/t6-,12-;/m1./s1. The van der Waals surface area contributed by atoms with Crippen LogP contribution in [0.3, 0.4) is 0 Å². The first-order chi connectivity index (χ1) is 8.32. The van der Waals surface area contributed by atoms with Crippen molar-refractivity contribution in [2.75, 3.05) is 0 Å². The Morgan fingerprint density at radius 1 is 1.68 bits per heavy atom. The number of carboxylic acids is 1. The van der Waals surface area contributed by atoms with Gasteiger partial charge in [0.05, 0.1) is 11.1 Å². The van der Waals surface area contributed by atoms with E-state index in [1.54, 1.807) is 6.92 Å². The summed E-state index contributed by atoms with van der Waals surface area (Å²) in [4.78, 5) is 10.7.